The number of esters is 1. The molecule has 0 atom stereocenters. The van der Waals surface area contributed by atoms with Crippen LogP contribution in [0.3, 0.4) is 0 Å². The van der Waals surface area contributed by atoms with Crippen molar-refractivity contribution in [3.63, 3.8) is 0 Å². The van der Waals surface area contributed by atoms with Crippen LogP contribution < -0.4 is 0 Å². The van der Waals surface area contributed by atoms with Crippen molar-refractivity contribution in [2.75, 3.05) is 7.11 Å². The third-order valence-electron chi connectivity index (χ3n) is 3.17. The first kappa shape index (κ1) is 12.4. The van der Waals surface area contributed by atoms with Crippen LogP contribution in [0.4, 0.5) is 0 Å². The monoisotopic (exact) mass is 266 g/mol. The fourth-order valence-corrected chi connectivity index (χ4v) is 2.22. The van der Waals surface area contributed by atoms with Crippen LogP contribution in [-0.2, 0) is 11.2 Å². The van der Waals surface area contributed by atoms with Crippen LogP contribution in [0.15, 0.2) is 54.9 Å². The third kappa shape index (κ3) is 2.28. The molecule has 0 saturated carbocycles. The fraction of sp³-hybridized carbons (Fsp3) is 0.125. The van der Waals surface area contributed by atoms with E-state index in [-0.39, 0.29) is 5.97 Å². The molecule has 0 saturated heterocycles. The predicted molar refractivity (Wildman–Crippen MR) is 75.8 cm³/mol. The molecule has 0 fully saturated rings. The second-order valence-corrected chi connectivity index (χ2v) is 4.54. The summed E-state index contributed by atoms with van der Waals surface area (Å²) in [4.78, 5) is 16.3. The van der Waals surface area contributed by atoms with E-state index in [0.29, 0.717) is 11.2 Å². The second-order valence-electron chi connectivity index (χ2n) is 4.54. The molecule has 0 aliphatic heterocycles. The minimum atomic E-state index is -0.368. The molecule has 0 amide bonds. The molecule has 0 bridgehead atoms. The van der Waals surface area contributed by atoms with Gasteiger partial charge in [-0.25, -0.2) is 9.78 Å². The lowest BCUT2D eigenvalue weighted by Crippen LogP contribution is -2.03. The minimum absolute atomic E-state index is 0.368. The molecule has 3 aromatic rings. The number of fused-ring (bicyclic) bond motifs is 1. The molecule has 1 aromatic carbocycles. The Balaban J connectivity index is 2.00. The maximum absolute atomic E-state index is 11.7. The standard InChI is InChI=1S/C16H14N2O2/c1-20-16(19)14-8-5-9-18-11-13(17-15(14)18)10-12-6-3-2-4-7-12/h2-9,11H,10H2,1H3. The Hall–Kier alpha value is -2.62. The molecule has 0 N–H and O–H groups in total. The van der Waals surface area contributed by atoms with Crippen molar-refractivity contribution in [3.8, 4) is 0 Å². The van der Waals surface area contributed by atoms with Gasteiger partial charge in [0.25, 0.3) is 0 Å². The number of benzene rings is 1. The van der Waals surface area contributed by atoms with Crippen LogP contribution in [0.2, 0.25) is 0 Å². The number of aromatic nitrogens is 2. The van der Waals surface area contributed by atoms with Gasteiger partial charge in [0.2, 0.25) is 0 Å². The lowest BCUT2D eigenvalue weighted by Gasteiger charge is -2.00. The van der Waals surface area contributed by atoms with E-state index in [1.807, 2.05) is 41.1 Å². The first-order valence-corrected chi connectivity index (χ1v) is 6.37. The summed E-state index contributed by atoms with van der Waals surface area (Å²) in [5.41, 5.74) is 3.22. The Labute approximate surface area is 116 Å². The van der Waals surface area contributed by atoms with Crippen molar-refractivity contribution < 1.29 is 9.53 Å². The number of rotatable bonds is 3. The van der Waals surface area contributed by atoms with E-state index in [1.165, 1.54) is 12.7 Å². The summed E-state index contributed by atoms with van der Waals surface area (Å²) in [5, 5.41) is 0. The summed E-state index contributed by atoms with van der Waals surface area (Å²) >= 11 is 0. The third-order valence-corrected chi connectivity index (χ3v) is 3.17. The van der Waals surface area contributed by atoms with Gasteiger partial charge in [0.05, 0.1) is 12.8 Å². The molecule has 0 unspecified atom stereocenters. The second kappa shape index (κ2) is 5.17. The molecule has 0 spiro atoms. The first-order chi connectivity index (χ1) is 9.78. The number of imidazole rings is 1. The molecule has 20 heavy (non-hydrogen) atoms. The molecule has 100 valence electrons. The van der Waals surface area contributed by atoms with Crippen molar-refractivity contribution in [2.24, 2.45) is 0 Å². The van der Waals surface area contributed by atoms with Gasteiger partial charge in [-0.2, -0.15) is 0 Å². The summed E-state index contributed by atoms with van der Waals surface area (Å²) in [5.74, 6) is -0.368. The molecule has 4 nitrogen and oxygen atoms in total. The van der Waals surface area contributed by atoms with Gasteiger partial charge >= 0.3 is 5.97 Å². The quantitative estimate of drug-likeness (QED) is 0.685. The lowest BCUT2D eigenvalue weighted by molar-refractivity contribution is 0.0602. The normalized spacial score (nSPS) is 10.7. The maximum Gasteiger partial charge on any atom is 0.341 e. The highest BCUT2D eigenvalue weighted by Crippen LogP contribution is 2.14. The predicted octanol–water partition coefficient (Wildman–Crippen LogP) is 2.71. The number of nitrogens with zero attached hydrogens (tertiary/aromatic N) is 2. The van der Waals surface area contributed by atoms with E-state index in [0.717, 1.165) is 12.1 Å². The zero-order valence-electron chi connectivity index (χ0n) is 11.1. The zero-order chi connectivity index (χ0) is 13.9. The molecule has 0 aliphatic carbocycles. The van der Waals surface area contributed by atoms with E-state index in [1.54, 1.807) is 6.07 Å². The lowest BCUT2D eigenvalue weighted by atomic mass is 10.1. The Kier molecular flexibility index (Phi) is 3.21. The number of pyridine rings is 1. The van der Waals surface area contributed by atoms with Crippen LogP contribution >= 0.6 is 0 Å². The Bertz CT molecular complexity index is 748. The maximum atomic E-state index is 11.7. The van der Waals surface area contributed by atoms with Crippen LogP contribution in [0, 0.1) is 0 Å². The number of hydrogen-bond donors (Lipinski definition) is 0. The topological polar surface area (TPSA) is 43.6 Å². The van der Waals surface area contributed by atoms with E-state index in [9.17, 15) is 4.79 Å². The molecule has 3 rings (SSSR count). The molecular weight excluding hydrogens is 252 g/mol. The number of hydrogen-bond acceptors (Lipinski definition) is 3. The van der Waals surface area contributed by atoms with Gasteiger partial charge in [-0.1, -0.05) is 30.3 Å². The van der Waals surface area contributed by atoms with Crippen molar-refractivity contribution in [2.45, 2.75) is 6.42 Å². The molecule has 0 aliphatic rings. The summed E-state index contributed by atoms with van der Waals surface area (Å²) in [6.45, 7) is 0. The van der Waals surface area contributed by atoms with E-state index in [2.05, 4.69) is 17.1 Å². The highest BCUT2D eigenvalue weighted by atomic mass is 16.5. The molecule has 4 heteroatoms. The van der Waals surface area contributed by atoms with Crippen LogP contribution in [0.1, 0.15) is 21.6 Å². The Morgan fingerprint density at radius 2 is 2.00 bits per heavy atom. The van der Waals surface area contributed by atoms with Crippen LogP contribution in [-0.4, -0.2) is 22.5 Å². The van der Waals surface area contributed by atoms with E-state index >= 15 is 0 Å². The van der Waals surface area contributed by atoms with Crippen molar-refractivity contribution >= 4 is 11.6 Å². The number of carbonyl (C=O) groups is 1. The summed E-state index contributed by atoms with van der Waals surface area (Å²) in [6, 6.07) is 13.7. The number of methoxy groups -OCH3 is 1. The van der Waals surface area contributed by atoms with Crippen molar-refractivity contribution in [1.29, 1.82) is 0 Å². The molecule has 2 heterocycles. The minimum Gasteiger partial charge on any atom is -0.465 e. The Morgan fingerprint density at radius 3 is 2.75 bits per heavy atom. The SMILES string of the molecule is COC(=O)c1cccn2cc(Cc3ccccc3)nc12. The van der Waals surface area contributed by atoms with Crippen LogP contribution in [0.5, 0.6) is 0 Å². The summed E-state index contributed by atoms with van der Waals surface area (Å²) in [6.07, 6.45) is 4.56. The smallest absolute Gasteiger partial charge is 0.341 e. The summed E-state index contributed by atoms with van der Waals surface area (Å²) in [7, 11) is 1.37. The molecule has 0 radical (unpaired) electrons. The number of ether oxygens (including phenoxy) is 1. The highest BCUT2D eigenvalue weighted by molar-refractivity contribution is 5.95. The largest absolute Gasteiger partial charge is 0.465 e. The zero-order valence-corrected chi connectivity index (χ0v) is 11.1. The van der Waals surface area contributed by atoms with Crippen molar-refractivity contribution in [3.05, 3.63) is 71.7 Å². The molecule has 2 aromatic heterocycles. The highest BCUT2D eigenvalue weighted by Gasteiger charge is 2.13. The van der Waals surface area contributed by atoms with Gasteiger partial charge in [0.15, 0.2) is 5.65 Å². The first-order valence-electron chi connectivity index (χ1n) is 6.37. The Morgan fingerprint density at radius 1 is 1.20 bits per heavy atom. The van der Waals surface area contributed by atoms with Gasteiger partial charge in [-0.3, -0.25) is 0 Å². The average molecular weight is 266 g/mol. The fourth-order valence-electron chi connectivity index (χ4n) is 2.22. The molecular formula is C16H14N2O2. The van der Waals surface area contributed by atoms with E-state index < -0.39 is 0 Å². The average Bonchev–Trinajstić information content (AvgIpc) is 2.89. The summed E-state index contributed by atoms with van der Waals surface area (Å²) < 4.78 is 6.63. The van der Waals surface area contributed by atoms with Gasteiger partial charge in [0, 0.05) is 18.8 Å². The van der Waals surface area contributed by atoms with Gasteiger partial charge in [-0.05, 0) is 17.7 Å². The van der Waals surface area contributed by atoms with Gasteiger partial charge in [0.1, 0.15) is 5.56 Å². The van der Waals surface area contributed by atoms with Gasteiger partial charge in [-0.15, -0.1) is 0 Å². The van der Waals surface area contributed by atoms with Crippen molar-refractivity contribution in [1.82, 2.24) is 9.38 Å². The van der Waals surface area contributed by atoms with E-state index in [4.69, 9.17) is 4.74 Å². The number of carbonyl (C=O) groups excluding carboxylic acids is 1. The van der Waals surface area contributed by atoms with Gasteiger partial charge < -0.3 is 9.14 Å². The van der Waals surface area contributed by atoms with Crippen LogP contribution in [0.25, 0.3) is 5.65 Å².